The Labute approximate surface area is 169 Å². The van der Waals surface area contributed by atoms with Crippen LogP contribution in [0.5, 0.6) is 0 Å². The molecule has 1 unspecified atom stereocenters. The van der Waals surface area contributed by atoms with E-state index in [1.54, 1.807) is 0 Å². The summed E-state index contributed by atoms with van der Waals surface area (Å²) in [6, 6.07) is 0. The zero-order valence-electron chi connectivity index (χ0n) is 17.2. The van der Waals surface area contributed by atoms with Crippen molar-refractivity contribution < 1.29 is 32.8 Å². The van der Waals surface area contributed by atoms with E-state index in [0.29, 0.717) is 6.42 Å². The van der Waals surface area contributed by atoms with Gasteiger partial charge in [0.2, 0.25) is 0 Å². The number of carboxylic acid groups (broad SMARTS) is 2. The third-order valence-electron chi connectivity index (χ3n) is 4.90. The van der Waals surface area contributed by atoms with Crippen molar-refractivity contribution in [2.75, 3.05) is 0 Å². The highest BCUT2D eigenvalue weighted by atomic mass is 32.2. The van der Waals surface area contributed by atoms with Crippen LogP contribution in [0.15, 0.2) is 11.1 Å². The largest absolute Gasteiger partial charge is 0.478 e. The number of rotatable bonds is 17. The first-order chi connectivity index (χ1) is 13.2. The van der Waals surface area contributed by atoms with Crippen LogP contribution < -0.4 is 0 Å². The third-order valence-corrected chi connectivity index (χ3v) is 6.18. The Hall–Kier alpha value is -1.41. The molecule has 0 saturated heterocycles. The Morgan fingerprint density at radius 1 is 0.750 bits per heavy atom. The zero-order valence-corrected chi connectivity index (χ0v) is 18.0. The minimum atomic E-state index is -4.69. The Kier molecular flexibility index (Phi) is 13.8. The van der Waals surface area contributed by atoms with Crippen LogP contribution in [0.1, 0.15) is 97.3 Å². The molecular formula is C20H36O7S. The first kappa shape index (κ1) is 26.6. The van der Waals surface area contributed by atoms with Crippen molar-refractivity contribution in [3.63, 3.8) is 0 Å². The Morgan fingerprint density at radius 2 is 1.18 bits per heavy atom. The molecular weight excluding hydrogens is 384 g/mol. The lowest BCUT2D eigenvalue weighted by Crippen LogP contribution is -2.29. The summed E-state index contributed by atoms with van der Waals surface area (Å²) in [5.74, 6) is -3.07. The summed E-state index contributed by atoms with van der Waals surface area (Å²) < 4.78 is 32.2. The maximum atomic E-state index is 11.5. The number of carboxylic acids is 2. The molecule has 0 amide bonds. The fourth-order valence-electron chi connectivity index (χ4n) is 3.35. The first-order valence-electron chi connectivity index (χ1n) is 10.3. The molecule has 1 atom stereocenters. The number of unbranched alkanes of at least 4 members (excludes halogenated alkanes) is 10. The van der Waals surface area contributed by atoms with Gasteiger partial charge >= 0.3 is 11.9 Å². The van der Waals surface area contributed by atoms with Crippen LogP contribution in [-0.4, -0.2) is 40.4 Å². The van der Waals surface area contributed by atoms with E-state index >= 15 is 0 Å². The molecule has 0 aliphatic heterocycles. The Balaban J connectivity index is 4.59. The van der Waals surface area contributed by atoms with Crippen LogP contribution in [0.25, 0.3) is 0 Å². The van der Waals surface area contributed by atoms with Crippen LogP contribution in [0.2, 0.25) is 0 Å². The molecule has 0 heterocycles. The van der Waals surface area contributed by atoms with Crippen molar-refractivity contribution in [3.8, 4) is 0 Å². The molecule has 0 aliphatic rings. The lowest BCUT2D eigenvalue weighted by molar-refractivity contribution is -0.136. The quantitative estimate of drug-likeness (QED) is 0.175. The summed E-state index contributed by atoms with van der Waals surface area (Å²) in [5, 5.41) is 17.0. The molecule has 164 valence electrons. The zero-order chi connectivity index (χ0) is 21.6. The minimum absolute atomic E-state index is 0.0278. The molecule has 3 N–H and O–H groups in total. The number of hydrogen-bond donors (Lipinski definition) is 3. The average molecular weight is 421 g/mol. The van der Waals surface area contributed by atoms with Crippen molar-refractivity contribution >= 4 is 22.1 Å². The molecule has 7 nitrogen and oxygen atoms in total. The van der Waals surface area contributed by atoms with Crippen molar-refractivity contribution in [2.24, 2.45) is 0 Å². The van der Waals surface area contributed by atoms with Crippen LogP contribution in [0.4, 0.5) is 0 Å². The lowest BCUT2D eigenvalue weighted by Gasteiger charge is -2.16. The van der Waals surface area contributed by atoms with Gasteiger partial charge in [0, 0.05) is 5.57 Å². The van der Waals surface area contributed by atoms with E-state index in [1.165, 1.54) is 45.4 Å². The van der Waals surface area contributed by atoms with Gasteiger partial charge < -0.3 is 10.2 Å². The molecule has 0 aliphatic carbocycles. The topological polar surface area (TPSA) is 129 Å². The summed E-state index contributed by atoms with van der Waals surface area (Å²) in [6.07, 6.45) is 11.6. The van der Waals surface area contributed by atoms with Gasteiger partial charge in [0.1, 0.15) is 5.25 Å². The summed E-state index contributed by atoms with van der Waals surface area (Å²) in [6.45, 7) is 3.58. The van der Waals surface area contributed by atoms with E-state index in [9.17, 15) is 32.8 Å². The second-order valence-corrected chi connectivity index (χ2v) is 8.80. The number of hydrogen-bond acceptors (Lipinski definition) is 4. The molecule has 0 rings (SSSR count). The van der Waals surface area contributed by atoms with Gasteiger partial charge in [-0.25, -0.2) is 9.59 Å². The van der Waals surface area contributed by atoms with Gasteiger partial charge in [-0.15, -0.1) is 0 Å². The van der Waals surface area contributed by atoms with E-state index < -0.39 is 38.5 Å². The number of aliphatic carboxylic acids is 2. The molecule has 0 aromatic rings. The first-order valence-corrected chi connectivity index (χ1v) is 11.8. The summed E-state index contributed by atoms with van der Waals surface area (Å²) in [7, 11) is -4.69. The Morgan fingerprint density at radius 3 is 1.50 bits per heavy atom. The number of carbonyl (C=O) groups is 2. The molecule has 0 saturated carbocycles. The van der Waals surface area contributed by atoms with Crippen LogP contribution >= 0.6 is 0 Å². The van der Waals surface area contributed by atoms with Crippen LogP contribution in [0, 0.1) is 0 Å². The normalized spacial score (nSPS) is 13.8. The van der Waals surface area contributed by atoms with Crippen molar-refractivity contribution in [1.29, 1.82) is 0 Å². The summed E-state index contributed by atoms with van der Waals surface area (Å²) in [5.41, 5.74) is -1.17. The second kappa shape index (κ2) is 14.6. The second-order valence-electron chi connectivity index (χ2n) is 7.20. The van der Waals surface area contributed by atoms with Crippen molar-refractivity contribution in [1.82, 2.24) is 0 Å². The van der Waals surface area contributed by atoms with Gasteiger partial charge in [-0.05, 0) is 19.3 Å². The fraction of sp³-hybridized carbons (Fsp3) is 0.800. The monoisotopic (exact) mass is 420 g/mol. The van der Waals surface area contributed by atoms with Gasteiger partial charge in [-0.3, -0.25) is 4.55 Å². The lowest BCUT2D eigenvalue weighted by atomic mass is 9.97. The highest BCUT2D eigenvalue weighted by molar-refractivity contribution is 7.86. The van der Waals surface area contributed by atoms with E-state index in [-0.39, 0.29) is 12.8 Å². The van der Waals surface area contributed by atoms with Crippen molar-refractivity contribution in [3.05, 3.63) is 11.1 Å². The molecule has 0 radical (unpaired) electrons. The molecule has 0 bridgehead atoms. The smallest absolute Gasteiger partial charge is 0.333 e. The maximum Gasteiger partial charge on any atom is 0.333 e. The fourth-order valence-corrected chi connectivity index (χ4v) is 4.31. The van der Waals surface area contributed by atoms with Crippen LogP contribution in [-0.2, 0) is 19.7 Å². The highest BCUT2D eigenvalue weighted by Crippen LogP contribution is 2.24. The van der Waals surface area contributed by atoms with Crippen molar-refractivity contribution in [2.45, 2.75) is 103 Å². The molecule has 8 heteroatoms. The highest BCUT2D eigenvalue weighted by Gasteiger charge is 2.34. The molecule has 0 fully saturated rings. The van der Waals surface area contributed by atoms with Gasteiger partial charge in [0.25, 0.3) is 10.1 Å². The van der Waals surface area contributed by atoms with Gasteiger partial charge in [0.15, 0.2) is 0 Å². The van der Waals surface area contributed by atoms with E-state index in [4.69, 9.17) is 0 Å². The van der Waals surface area contributed by atoms with Crippen LogP contribution in [0.3, 0.4) is 0 Å². The third kappa shape index (κ3) is 10.8. The van der Waals surface area contributed by atoms with E-state index in [1.807, 2.05) is 0 Å². The summed E-state index contributed by atoms with van der Waals surface area (Å²) >= 11 is 0. The molecule has 0 aromatic carbocycles. The molecule has 0 aromatic heterocycles. The maximum absolute atomic E-state index is 11.5. The van der Waals surface area contributed by atoms with Gasteiger partial charge in [0.05, 0.1) is 5.57 Å². The predicted octanol–water partition coefficient (Wildman–Crippen LogP) is 4.82. The molecule has 0 spiro atoms. The van der Waals surface area contributed by atoms with Gasteiger partial charge in [-0.2, -0.15) is 8.42 Å². The molecule has 28 heavy (non-hydrogen) atoms. The average Bonchev–Trinajstić information content (AvgIpc) is 2.59. The predicted molar refractivity (Wildman–Crippen MR) is 109 cm³/mol. The van der Waals surface area contributed by atoms with E-state index in [2.05, 4.69) is 6.92 Å². The standard InChI is InChI=1S/C20H36O7S/c1-3-5-6-7-8-9-10-11-12-13-14-15-16(19(21)22)18(20(23)24)17(4-2)28(25,26)27/h17H,3-15H2,1-2H3,(H,21,22)(H,23,24)(H,25,26,27)/b18-16-. The van der Waals surface area contributed by atoms with Gasteiger partial charge in [-0.1, -0.05) is 78.1 Å². The Bertz CT molecular complexity index is 608. The SMILES string of the molecule is CCCCCCCCCCCCC/C(C(=O)O)=C(/C(=O)O)C(CC)S(=O)(=O)O. The minimum Gasteiger partial charge on any atom is -0.478 e. The summed E-state index contributed by atoms with van der Waals surface area (Å²) in [4.78, 5) is 23.0. The van der Waals surface area contributed by atoms with E-state index in [0.717, 1.165) is 25.7 Å².